The van der Waals surface area contributed by atoms with E-state index in [0.717, 1.165) is 35.7 Å². The molecule has 0 spiro atoms. The Hall–Kier alpha value is -1.90. The number of hydrogen-bond donors (Lipinski definition) is 0. The van der Waals surface area contributed by atoms with Gasteiger partial charge in [0.05, 0.1) is 0 Å². The molecule has 0 radical (unpaired) electrons. The number of pyridine rings is 1. The van der Waals surface area contributed by atoms with Crippen LogP contribution < -0.4 is 0 Å². The average Bonchev–Trinajstić information content (AvgIpc) is 2.46. The number of benzene rings is 1. The van der Waals surface area contributed by atoms with Crippen LogP contribution in [0.1, 0.15) is 36.5 Å². The Morgan fingerprint density at radius 3 is 3.05 bits per heavy atom. The maximum Gasteiger partial charge on any atom is 0.254 e. The first-order valence-electron chi connectivity index (χ1n) is 6.91. The molecule has 0 unspecified atom stereocenters. The molecule has 0 N–H and O–H groups in total. The number of carbonyl (C=O) groups excluding carboxylic acids is 1. The Labute approximate surface area is 113 Å². The van der Waals surface area contributed by atoms with E-state index in [2.05, 4.69) is 11.9 Å². The first kappa shape index (κ1) is 12.2. The molecule has 3 nitrogen and oxygen atoms in total. The van der Waals surface area contributed by atoms with E-state index in [9.17, 15) is 4.79 Å². The molecule has 1 aliphatic heterocycles. The standard InChI is InChI=1S/C16H18N2O/c1-12-5-2-3-10-18(12)16(19)15-7-4-6-13-11-17-9-8-14(13)15/h4,6-9,11-12H,2-3,5,10H2,1H3/t12-/m1/s1. The largest absolute Gasteiger partial charge is 0.336 e. The summed E-state index contributed by atoms with van der Waals surface area (Å²) in [7, 11) is 0. The van der Waals surface area contributed by atoms with Crippen LogP contribution >= 0.6 is 0 Å². The van der Waals surface area contributed by atoms with Gasteiger partial charge in [-0.1, -0.05) is 12.1 Å². The lowest BCUT2D eigenvalue weighted by Crippen LogP contribution is -2.42. The topological polar surface area (TPSA) is 33.2 Å². The van der Waals surface area contributed by atoms with Crippen molar-refractivity contribution in [1.82, 2.24) is 9.88 Å². The fraction of sp³-hybridized carbons (Fsp3) is 0.375. The van der Waals surface area contributed by atoms with E-state index < -0.39 is 0 Å². The van der Waals surface area contributed by atoms with Gasteiger partial charge in [0.15, 0.2) is 0 Å². The van der Waals surface area contributed by atoms with Crippen LogP contribution in [0.4, 0.5) is 0 Å². The predicted octanol–water partition coefficient (Wildman–Crippen LogP) is 3.25. The summed E-state index contributed by atoms with van der Waals surface area (Å²) < 4.78 is 0. The molecular formula is C16H18N2O. The van der Waals surface area contributed by atoms with Gasteiger partial charge in [-0.05, 0) is 43.7 Å². The second kappa shape index (κ2) is 5.00. The van der Waals surface area contributed by atoms with Crippen LogP contribution in [0.5, 0.6) is 0 Å². The lowest BCUT2D eigenvalue weighted by Gasteiger charge is -2.33. The van der Waals surface area contributed by atoms with E-state index in [-0.39, 0.29) is 5.91 Å². The van der Waals surface area contributed by atoms with E-state index >= 15 is 0 Å². The molecule has 0 aliphatic carbocycles. The molecule has 3 rings (SSSR count). The molecule has 1 atom stereocenters. The van der Waals surface area contributed by atoms with Crippen molar-refractivity contribution in [2.75, 3.05) is 6.54 Å². The number of likely N-dealkylation sites (tertiary alicyclic amines) is 1. The highest BCUT2D eigenvalue weighted by molar-refractivity contribution is 6.06. The molecule has 1 fully saturated rings. The summed E-state index contributed by atoms with van der Waals surface area (Å²) in [6, 6.07) is 8.13. The number of fused-ring (bicyclic) bond motifs is 1. The van der Waals surface area contributed by atoms with E-state index in [1.54, 1.807) is 6.20 Å². The molecule has 98 valence electrons. The van der Waals surface area contributed by atoms with Crippen LogP contribution in [-0.4, -0.2) is 28.4 Å². The molecule has 2 aromatic rings. The van der Waals surface area contributed by atoms with Gasteiger partial charge in [0.2, 0.25) is 0 Å². The quantitative estimate of drug-likeness (QED) is 0.782. The van der Waals surface area contributed by atoms with E-state index in [1.165, 1.54) is 6.42 Å². The summed E-state index contributed by atoms with van der Waals surface area (Å²) in [5.41, 5.74) is 0.800. The van der Waals surface area contributed by atoms with Crippen LogP contribution in [0.2, 0.25) is 0 Å². The third kappa shape index (κ3) is 2.21. The summed E-state index contributed by atoms with van der Waals surface area (Å²) in [5, 5.41) is 2.03. The normalized spacial score (nSPS) is 19.6. The highest BCUT2D eigenvalue weighted by atomic mass is 16.2. The van der Waals surface area contributed by atoms with Gasteiger partial charge in [-0.15, -0.1) is 0 Å². The summed E-state index contributed by atoms with van der Waals surface area (Å²) in [6.45, 7) is 3.02. The van der Waals surface area contributed by atoms with Crippen LogP contribution in [0.25, 0.3) is 10.8 Å². The monoisotopic (exact) mass is 254 g/mol. The minimum Gasteiger partial charge on any atom is -0.336 e. The van der Waals surface area contributed by atoms with Crippen molar-refractivity contribution in [3.8, 4) is 0 Å². The fourth-order valence-electron chi connectivity index (χ4n) is 2.86. The number of amides is 1. The molecule has 2 heterocycles. The maximum absolute atomic E-state index is 12.7. The fourth-order valence-corrected chi connectivity index (χ4v) is 2.86. The minimum absolute atomic E-state index is 0.156. The lowest BCUT2D eigenvalue weighted by atomic mass is 10.00. The maximum atomic E-state index is 12.7. The Kier molecular flexibility index (Phi) is 3.20. The zero-order chi connectivity index (χ0) is 13.2. The number of hydrogen-bond acceptors (Lipinski definition) is 2. The molecule has 1 amide bonds. The minimum atomic E-state index is 0.156. The number of aromatic nitrogens is 1. The zero-order valence-electron chi connectivity index (χ0n) is 11.2. The van der Waals surface area contributed by atoms with Crippen molar-refractivity contribution in [2.24, 2.45) is 0 Å². The van der Waals surface area contributed by atoms with Gasteiger partial charge in [0, 0.05) is 35.9 Å². The van der Waals surface area contributed by atoms with Crippen LogP contribution in [0, 0.1) is 0 Å². The Morgan fingerprint density at radius 1 is 1.32 bits per heavy atom. The van der Waals surface area contributed by atoms with Gasteiger partial charge in [0.25, 0.3) is 5.91 Å². The van der Waals surface area contributed by atoms with Crippen molar-refractivity contribution >= 4 is 16.7 Å². The zero-order valence-corrected chi connectivity index (χ0v) is 11.2. The van der Waals surface area contributed by atoms with Crippen LogP contribution in [0.3, 0.4) is 0 Å². The second-order valence-corrected chi connectivity index (χ2v) is 5.25. The lowest BCUT2D eigenvalue weighted by molar-refractivity contribution is 0.0637. The van der Waals surface area contributed by atoms with Crippen LogP contribution in [-0.2, 0) is 0 Å². The number of nitrogens with zero attached hydrogens (tertiary/aromatic N) is 2. The highest BCUT2D eigenvalue weighted by Gasteiger charge is 2.25. The predicted molar refractivity (Wildman–Crippen MR) is 76.1 cm³/mol. The highest BCUT2D eigenvalue weighted by Crippen LogP contribution is 2.23. The van der Waals surface area contributed by atoms with Crippen molar-refractivity contribution in [3.63, 3.8) is 0 Å². The van der Waals surface area contributed by atoms with Crippen LogP contribution in [0.15, 0.2) is 36.7 Å². The Morgan fingerprint density at radius 2 is 2.21 bits per heavy atom. The van der Waals surface area contributed by atoms with E-state index in [1.807, 2.05) is 35.4 Å². The number of piperidine rings is 1. The van der Waals surface area contributed by atoms with Crippen molar-refractivity contribution < 1.29 is 4.79 Å². The molecule has 1 aromatic carbocycles. The van der Waals surface area contributed by atoms with E-state index in [0.29, 0.717) is 6.04 Å². The molecule has 1 saturated heterocycles. The number of rotatable bonds is 1. The summed E-state index contributed by atoms with van der Waals surface area (Å²) in [5.74, 6) is 0.156. The molecule has 1 aromatic heterocycles. The number of carbonyl (C=O) groups is 1. The first-order valence-corrected chi connectivity index (χ1v) is 6.91. The first-order chi connectivity index (χ1) is 9.27. The smallest absolute Gasteiger partial charge is 0.254 e. The summed E-state index contributed by atoms with van der Waals surface area (Å²) in [6.07, 6.45) is 7.01. The van der Waals surface area contributed by atoms with Gasteiger partial charge in [-0.3, -0.25) is 9.78 Å². The van der Waals surface area contributed by atoms with Crippen molar-refractivity contribution in [3.05, 3.63) is 42.2 Å². The summed E-state index contributed by atoms with van der Waals surface area (Å²) >= 11 is 0. The van der Waals surface area contributed by atoms with Crippen molar-refractivity contribution in [2.45, 2.75) is 32.2 Å². The summed E-state index contributed by atoms with van der Waals surface area (Å²) in [4.78, 5) is 18.9. The second-order valence-electron chi connectivity index (χ2n) is 5.25. The van der Waals surface area contributed by atoms with Gasteiger partial charge in [0.1, 0.15) is 0 Å². The van der Waals surface area contributed by atoms with Gasteiger partial charge in [-0.25, -0.2) is 0 Å². The molecule has 19 heavy (non-hydrogen) atoms. The SMILES string of the molecule is C[C@@H]1CCCCN1C(=O)c1cccc2cnccc12. The Bertz CT molecular complexity index is 603. The molecule has 0 saturated carbocycles. The third-order valence-corrected chi connectivity index (χ3v) is 3.97. The van der Waals surface area contributed by atoms with E-state index in [4.69, 9.17) is 0 Å². The molecule has 3 heteroatoms. The molecule has 0 bridgehead atoms. The van der Waals surface area contributed by atoms with Gasteiger partial charge >= 0.3 is 0 Å². The molecular weight excluding hydrogens is 236 g/mol. The van der Waals surface area contributed by atoms with Gasteiger partial charge < -0.3 is 4.90 Å². The van der Waals surface area contributed by atoms with Crippen molar-refractivity contribution in [1.29, 1.82) is 0 Å². The average molecular weight is 254 g/mol. The third-order valence-electron chi connectivity index (χ3n) is 3.97. The Balaban J connectivity index is 2.01. The molecule has 1 aliphatic rings. The van der Waals surface area contributed by atoms with Gasteiger partial charge in [-0.2, -0.15) is 0 Å².